The zero-order valence-electron chi connectivity index (χ0n) is 25.5. The smallest absolute Gasteiger partial charge is 0.201 e. The summed E-state index contributed by atoms with van der Waals surface area (Å²) in [4.78, 5) is 0. The van der Waals surface area contributed by atoms with Gasteiger partial charge in [-0.15, -0.1) is 0 Å². The predicted octanol–water partition coefficient (Wildman–Crippen LogP) is 6.75. The van der Waals surface area contributed by atoms with Crippen LogP contribution in [0.15, 0.2) is 79.0 Å². The quantitative estimate of drug-likeness (QED) is 0.342. The van der Waals surface area contributed by atoms with Gasteiger partial charge in [0.05, 0.1) is 0 Å². The highest BCUT2D eigenvalue weighted by molar-refractivity contribution is 5.78. The Bertz CT molecular complexity index is 1450. The van der Waals surface area contributed by atoms with Crippen molar-refractivity contribution in [3.8, 4) is 33.5 Å². The number of aryl methyl sites for hydroxylation is 5. The van der Waals surface area contributed by atoms with Crippen molar-refractivity contribution in [2.24, 2.45) is 7.05 Å². The van der Waals surface area contributed by atoms with E-state index in [0.29, 0.717) is 5.69 Å². The Kier molecular flexibility index (Phi) is 2.94. The van der Waals surface area contributed by atoms with Gasteiger partial charge in [-0.25, -0.2) is 4.57 Å². The highest BCUT2D eigenvalue weighted by Gasteiger charge is 2.19. The van der Waals surface area contributed by atoms with Crippen LogP contribution in [-0.4, -0.2) is 0 Å². The van der Waals surface area contributed by atoms with E-state index in [2.05, 4.69) is 0 Å². The third-order valence-corrected chi connectivity index (χ3v) is 5.23. The molecular formula is C28H28N+. The Morgan fingerprint density at radius 3 is 2.07 bits per heavy atom. The zero-order chi connectivity index (χ0) is 28.0. The minimum atomic E-state index is -2.66. The third kappa shape index (κ3) is 3.61. The number of hydrogen-bond acceptors (Lipinski definition) is 0. The van der Waals surface area contributed by atoms with Crippen LogP contribution in [0.3, 0.4) is 0 Å². The average molecular weight is 388 g/mol. The fraction of sp³-hybridized carbons (Fsp3) is 0.179. The van der Waals surface area contributed by atoms with E-state index in [0.717, 1.165) is 22.3 Å². The Morgan fingerprint density at radius 2 is 1.38 bits per heavy atom. The number of aromatic nitrogens is 1. The summed E-state index contributed by atoms with van der Waals surface area (Å²) in [6.07, 6.45) is 1.45. The molecule has 1 heteroatoms. The third-order valence-electron chi connectivity index (χ3n) is 5.23. The van der Waals surface area contributed by atoms with Crippen molar-refractivity contribution in [3.05, 3.63) is 101 Å². The first-order valence-electron chi connectivity index (χ1n) is 13.9. The molecule has 0 aliphatic heterocycles. The van der Waals surface area contributed by atoms with Gasteiger partial charge in [-0.1, -0.05) is 60.7 Å². The van der Waals surface area contributed by atoms with E-state index in [4.69, 9.17) is 12.3 Å². The van der Waals surface area contributed by atoms with Crippen molar-refractivity contribution in [1.82, 2.24) is 0 Å². The molecule has 0 bridgehead atoms. The summed E-state index contributed by atoms with van der Waals surface area (Å²) in [7, 11) is 1.73. The molecule has 1 aromatic heterocycles. The molecule has 0 aliphatic carbocycles. The van der Waals surface area contributed by atoms with Gasteiger partial charge in [0.2, 0.25) is 5.69 Å². The van der Waals surface area contributed by atoms with E-state index in [-0.39, 0.29) is 27.8 Å². The molecule has 0 saturated heterocycles. The maximum atomic E-state index is 8.22. The van der Waals surface area contributed by atoms with Crippen LogP contribution in [0.25, 0.3) is 33.5 Å². The van der Waals surface area contributed by atoms with Crippen molar-refractivity contribution in [1.29, 1.82) is 0 Å². The van der Waals surface area contributed by atoms with Crippen LogP contribution in [0, 0.1) is 27.5 Å². The summed E-state index contributed by atoms with van der Waals surface area (Å²) in [5.41, 5.74) is 3.78. The lowest BCUT2D eigenvalue weighted by Crippen LogP contribution is -2.31. The van der Waals surface area contributed by atoms with Crippen LogP contribution >= 0.6 is 0 Å². The van der Waals surface area contributed by atoms with Crippen molar-refractivity contribution in [2.45, 2.75) is 27.5 Å². The molecule has 0 fully saturated rings. The minimum absolute atomic E-state index is 0.0699. The Morgan fingerprint density at radius 1 is 0.655 bits per heavy atom. The van der Waals surface area contributed by atoms with Crippen LogP contribution < -0.4 is 4.57 Å². The first kappa shape index (κ1) is 11.1. The van der Waals surface area contributed by atoms with Gasteiger partial charge in [-0.05, 0) is 72.5 Å². The molecule has 0 saturated carbocycles. The molecule has 0 spiro atoms. The van der Waals surface area contributed by atoms with E-state index in [9.17, 15) is 0 Å². The van der Waals surface area contributed by atoms with E-state index < -0.39 is 20.6 Å². The van der Waals surface area contributed by atoms with Crippen molar-refractivity contribution in [3.63, 3.8) is 0 Å². The van der Waals surface area contributed by atoms with Gasteiger partial charge in [0.15, 0.2) is 6.20 Å². The Balaban J connectivity index is 2.10. The fourth-order valence-electron chi connectivity index (χ4n) is 3.67. The molecule has 29 heavy (non-hydrogen) atoms. The Labute approximate surface area is 187 Å². The summed E-state index contributed by atoms with van der Waals surface area (Å²) in [5, 5.41) is 0. The van der Waals surface area contributed by atoms with E-state index in [1.165, 1.54) is 24.4 Å². The SMILES string of the molecule is [2H]C([2H])([2H])c1c[n+](C)c(-c2cc(-c3ccccc3)ccc2C)cc1-c1c(C([2H])([2H])[2H])cccc1C([2H])([2H])[2H]. The summed E-state index contributed by atoms with van der Waals surface area (Å²) in [5.74, 6) is 0. The lowest BCUT2D eigenvalue weighted by Gasteiger charge is -2.14. The Hall–Kier alpha value is -3.19. The molecule has 3 aromatic carbocycles. The van der Waals surface area contributed by atoms with Crippen molar-refractivity contribution in [2.75, 3.05) is 0 Å². The normalized spacial score (nSPS) is 16.8. The number of hydrogen-bond donors (Lipinski definition) is 0. The minimum Gasteiger partial charge on any atom is -0.201 e. The summed E-state index contributed by atoms with van der Waals surface area (Å²) in [6, 6.07) is 21.5. The largest absolute Gasteiger partial charge is 0.213 e. The van der Waals surface area contributed by atoms with E-state index in [1.807, 2.05) is 55.5 Å². The maximum Gasteiger partial charge on any atom is 0.213 e. The van der Waals surface area contributed by atoms with E-state index >= 15 is 0 Å². The highest BCUT2D eigenvalue weighted by atomic mass is 14.9. The highest BCUT2D eigenvalue weighted by Crippen LogP contribution is 2.34. The van der Waals surface area contributed by atoms with Crippen LogP contribution in [0.1, 0.15) is 34.6 Å². The fourth-order valence-corrected chi connectivity index (χ4v) is 3.67. The van der Waals surface area contributed by atoms with Crippen LogP contribution in [0.4, 0.5) is 0 Å². The molecule has 1 heterocycles. The zero-order valence-corrected chi connectivity index (χ0v) is 16.5. The number of pyridine rings is 1. The lowest BCUT2D eigenvalue weighted by atomic mass is 9.91. The van der Waals surface area contributed by atoms with Gasteiger partial charge in [-0.2, -0.15) is 0 Å². The topological polar surface area (TPSA) is 3.88 Å². The van der Waals surface area contributed by atoms with Gasteiger partial charge >= 0.3 is 0 Å². The number of nitrogens with zero attached hydrogens (tertiary/aromatic N) is 1. The van der Waals surface area contributed by atoms with Crippen LogP contribution in [0.2, 0.25) is 0 Å². The van der Waals surface area contributed by atoms with Crippen LogP contribution in [0.5, 0.6) is 0 Å². The molecule has 0 radical (unpaired) electrons. The van der Waals surface area contributed by atoms with Crippen molar-refractivity contribution < 1.29 is 16.9 Å². The second-order valence-electron chi connectivity index (χ2n) is 7.22. The molecule has 0 aliphatic rings. The summed E-state index contributed by atoms with van der Waals surface area (Å²) >= 11 is 0. The second-order valence-corrected chi connectivity index (χ2v) is 7.22. The standard InChI is InChI=1S/C28H28N/c1-19-14-15-24(23-12-7-6-8-13-23)16-25(19)27-17-26(22(4)18-29(27)5)28-20(2)10-9-11-21(28)3/h6-18H,1-5H3/q+1/i2D3,3D3,4D3. The molecule has 0 atom stereocenters. The molecular weight excluding hydrogens is 350 g/mol. The van der Waals surface area contributed by atoms with Crippen molar-refractivity contribution >= 4 is 0 Å². The first-order valence-corrected chi connectivity index (χ1v) is 9.44. The van der Waals surface area contributed by atoms with Gasteiger partial charge < -0.3 is 0 Å². The molecule has 144 valence electrons. The van der Waals surface area contributed by atoms with Gasteiger partial charge in [0, 0.05) is 29.5 Å². The maximum absolute atomic E-state index is 8.22. The molecule has 1 nitrogen and oxygen atoms in total. The van der Waals surface area contributed by atoms with Gasteiger partial charge in [0.25, 0.3) is 0 Å². The number of benzene rings is 3. The lowest BCUT2D eigenvalue weighted by molar-refractivity contribution is -0.660. The molecule has 0 N–H and O–H groups in total. The molecule has 4 aromatic rings. The van der Waals surface area contributed by atoms with Gasteiger partial charge in [0.1, 0.15) is 7.05 Å². The first-order chi connectivity index (χ1) is 17.6. The monoisotopic (exact) mass is 387 g/mol. The molecule has 0 unspecified atom stereocenters. The predicted molar refractivity (Wildman–Crippen MR) is 123 cm³/mol. The summed E-state index contributed by atoms with van der Waals surface area (Å²) < 4.78 is 75.0. The molecule has 0 amide bonds. The second kappa shape index (κ2) is 7.67. The molecule has 4 rings (SSSR count). The van der Waals surface area contributed by atoms with Crippen LogP contribution in [-0.2, 0) is 7.05 Å². The number of rotatable bonds is 3. The summed E-state index contributed by atoms with van der Waals surface area (Å²) in [6.45, 7) is -6.01. The van der Waals surface area contributed by atoms with Gasteiger partial charge in [-0.3, -0.25) is 0 Å². The van der Waals surface area contributed by atoms with E-state index in [1.54, 1.807) is 17.7 Å². The average Bonchev–Trinajstić information content (AvgIpc) is 2.83.